The van der Waals surface area contributed by atoms with Gasteiger partial charge in [0.1, 0.15) is 10.8 Å². The van der Waals surface area contributed by atoms with Crippen LogP contribution in [0.15, 0.2) is 29.1 Å². The number of fused-ring (bicyclic) bond motifs is 1. The van der Waals surface area contributed by atoms with Crippen molar-refractivity contribution >= 4 is 17.2 Å². The number of hydrogen-bond donors (Lipinski definition) is 0. The Bertz CT molecular complexity index is 533. The molecule has 0 atom stereocenters. The van der Waals surface area contributed by atoms with Gasteiger partial charge in [-0.15, -0.1) is 0 Å². The molecule has 2 aromatic heterocycles. The van der Waals surface area contributed by atoms with Gasteiger partial charge in [-0.3, -0.25) is 9.20 Å². The average molecular weight is 209 g/mol. The van der Waals surface area contributed by atoms with Gasteiger partial charge < -0.3 is 0 Å². The number of halogens is 1. The molecule has 0 radical (unpaired) electrons. The molecule has 2 heterocycles. The van der Waals surface area contributed by atoms with Crippen molar-refractivity contribution in [3.05, 3.63) is 45.5 Å². The highest BCUT2D eigenvalue weighted by Gasteiger charge is 2.02. The molecule has 72 valence electrons. The van der Waals surface area contributed by atoms with Crippen molar-refractivity contribution < 1.29 is 0 Å². The summed E-state index contributed by atoms with van der Waals surface area (Å²) >= 11 is 5.88. The highest BCUT2D eigenvalue weighted by atomic mass is 35.5. The second-order valence-corrected chi connectivity index (χ2v) is 3.37. The molecule has 0 bridgehead atoms. The lowest BCUT2D eigenvalue weighted by atomic mass is 10.3. The van der Waals surface area contributed by atoms with Crippen LogP contribution in [0.25, 0.3) is 5.65 Å². The summed E-state index contributed by atoms with van der Waals surface area (Å²) in [6.07, 6.45) is 0.748. The van der Waals surface area contributed by atoms with Crippen LogP contribution in [0.4, 0.5) is 0 Å². The molecule has 14 heavy (non-hydrogen) atoms. The molecule has 0 aliphatic carbocycles. The SMILES string of the molecule is CCc1cc(=O)n2c(Cl)cccc2n1. The summed E-state index contributed by atoms with van der Waals surface area (Å²) in [5, 5.41) is 0.391. The first-order chi connectivity index (χ1) is 6.72. The third-order valence-electron chi connectivity index (χ3n) is 2.05. The van der Waals surface area contributed by atoms with E-state index in [1.807, 2.05) is 6.92 Å². The van der Waals surface area contributed by atoms with E-state index < -0.39 is 0 Å². The maximum Gasteiger partial charge on any atom is 0.259 e. The maximum absolute atomic E-state index is 11.6. The first kappa shape index (κ1) is 9.21. The topological polar surface area (TPSA) is 34.4 Å². The molecule has 4 heteroatoms. The van der Waals surface area contributed by atoms with E-state index >= 15 is 0 Å². The Balaban J connectivity index is 2.90. The zero-order valence-corrected chi connectivity index (χ0v) is 8.45. The lowest BCUT2D eigenvalue weighted by Gasteiger charge is -2.03. The lowest BCUT2D eigenvalue weighted by molar-refractivity contribution is 0.966. The minimum absolute atomic E-state index is 0.127. The van der Waals surface area contributed by atoms with Crippen molar-refractivity contribution in [1.29, 1.82) is 0 Å². The molecule has 2 rings (SSSR count). The Morgan fingerprint density at radius 3 is 3.00 bits per heavy atom. The molecule has 0 aromatic carbocycles. The smallest absolute Gasteiger partial charge is 0.259 e. The third-order valence-corrected chi connectivity index (χ3v) is 2.35. The number of aromatic nitrogens is 2. The molecule has 0 N–H and O–H groups in total. The molecule has 0 saturated heterocycles. The van der Waals surface area contributed by atoms with Gasteiger partial charge in [0.2, 0.25) is 0 Å². The molecular weight excluding hydrogens is 200 g/mol. The van der Waals surface area contributed by atoms with Crippen LogP contribution in [0.2, 0.25) is 5.15 Å². The highest BCUT2D eigenvalue weighted by molar-refractivity contribution is 6.29. The standard InChI is InChI=1S/C10H9ClN2O/c1-2-7-6-10(14)13-8(11)4-3-5-9(13)12-7/h3-6H,2H2,1H3. The van der Waals surface area contributed by atoms with Crippen molar-refractivity contribution in [1.82, 2.24) is 9.38 Å². The van der Waals surface area contributed by atoms with E-state index in [1.54, 1.807) is 18.2 Å². The first-order valence-electron chi connectivity index (χ1n) is 4.39. The van der Waals surface area contributed by atoms with Crippen LogP contribution < -0.4 is 5.56 Å². The molecule has 3 nitrogen and oxygen atoms in total. The zero-order valence-electron chi connectivity index (χ0n) is 7.70. The van der Waals surface area contributed by atoms with Crippen LogP contribution in [0.1, 0.15) is 12.6 Å². The molecule has 0 spiro atoms. The van der Waals surface area contributed by atoms with Gasteiger partial charge in [-0.25, -0.2) is 4.98 Å². The minimum atomic E-state index is -0.127. The Morgan fingerprint density at radius 1 is 1.50 bits per heavy atom. The van der Waals surface area contributed by atoms with Gasteiger partial charge >= 0.3 is 0 Å². The predicted octanol–water partition coefficient (Wildman–Crippen LogP) is 1.91. The van der Waals surface area contributed by atoms with Crippen LogP contribution in [0.5, 0.6) is 0 Å². The predicted molar refractivity (Wildman–Crippen MR) is 55.9 cm³/mol. The fraction of sp³-hybridized carbons (Fsp3) is 0.200. The van der Waals surface area contributed by atoms with Gasteiger partial charge in [-0.05, 0) is 18.6 Å². The Labute approximate surface area is 86.0 Å². The minimum Gasteiger partial charge on any atom is -0.269 e. The van der Waals surface area contributed by atoms with Crippen LogP contribution in [0.3, 0.4) is 0 Å². The lowest BCUT2D eigenvalue weighted by Crippen LogP contribution is -2.15. The van der Waals surface area contributed by atoms with E-state index in [2.05, 4.69) is 4.98 Å². The molecule has 0 amide bonds. The summed E-state index contributed by atoms with van der Waals surface area (Å²) in [5.41, 5.74) is 1.26. The molecular formula is C10H9ClN2O. The number of aryl methyl sites for hydroxylation is 1. The number of pyridine rings is 1. The Kier molecular flexibility index (Phi) is 2.25. The maximum atomic E-state index is 11.6. The molecule has 0 unspecified atom stereocenters. The first-order valence-corrected chi connectivity index (χ1v) is 4.77. The monoisotopic (exact) mass is 208 g/mol. The van der Waals surface area contributed by atoms with Crippen molar-refractivity contribution in [2.75, 3.05) is 0 Å². The van der Waals surface area contributed by atoms with E-state index in [1.165, 1.54) is 10.5 Å². The second-order valence-electron chi connectivity index (χ2n) is 2.98. The molecule has 0 fully saturated rings. The summed E-state index contributed by atoms with van der Waals surface area (Å²) in [6, 6.07) is 6.73. The Hall–Kier alpha value is -1.35. The van der Waals surface area contributed by atoms with Crippen LogP contribution in [-0.2, 0) is 6.42 Å². The second kappa shape index (κ2) is 3.42. The quantitative estimate of drug-likeness (QED) is 0.671. The summed E-state index contributed by atoms with van der Waals surface area (Å²) in [4.78, 5) is 15.9. The summed E-state index contributed by atoms with van der Waals surface area (Å²) < 4.78 is 1.39. The normalized spacial score (nSPS) is 10.7. The van der Waals surface area contributed by atoms with Crippen LogP contribution in [0, 0.1) is 0 Å². The highest BCUT2D eigenvalue weighted by Crippen LogP contribution is 2.08. The van der Waals surface area contributed by atoms with Gasteiger partial charge in [0.15, 0.2) is 0 Å². The van der Waals surface area contributed by atoms with Crippen molar-refractivity contribution in [2.24, 2.45) is 0 Å². The average Bonchev–Trinajstić information content (AvgIpc) is 2.17. The molecule has 0 aliphatic heterocycles. The van der Waals surface area contributed by atoms with Crippen LogP contribution in [-0.4, -0.2) is 9.38 Å². The number of hydrogen-bond acceptors (Lipinski definition) is 2. The van der Waals surface area contributed by atoms with E-state index in [9.17, 15) is 4.79 Å². The van der Waals surface area contributed by atoms with E-state index in [-0.39, 0.29) is 5.56 Å². The zero-order chi connectivity index (χ0) is 10.1. The van der Waals surface area contributed by atoms with Crippen molar-refractivity contribution in [3.63, 3.8) is 0 Å². The van der Waals surface area contributed by atoms with E-state index in [0.717, 1.165) is 12.1 Å². The van der Waals surface area contributed by atoms with Gasteiger partial charge in [0.05, 0.1) is 0 Å². The summed E-state index contributed by atoms with van der Waals surface area (Å²) in [6.45, 7) is 1.96. The third kappa shape index (κ3) is 1.40. The largest absolute Gasteiger partial charge is 0.269 e. The summed E-state index contributed by atoms with van der Waals surface area (Å²) in [5.74, 6) is 0. The van der Waals surface area contributed by atoms with E-state index in [0.29, 0.717) is 10.8 Å². The van der Waals surface area contributed by atoms with Crippen molar-refractivity contribution in [3.8, 4) is 0 Å². The molecule has 0 saturated carbocycles. The van der Waals surface area contributed by atoms with Crippen LogP contribution >= 0.6 is 11.6 Å². The summed E-state index contributed by atoms with van der Waals surface area (Å²) in [7, 11) is 0. The number of rotatable bonds is 1. The van der Waals surface area contributed by atoms with Crippen molar-refractivity contribution in [2.45, 2.75) is 13.3 Å². The van der Waals surface area contributed by atoms with Gasteiger partial charge in [-0.2, -0.15) is 0 Å². The van der Waals surface area contributed by atoms with E-state index in [4.69, 9.17) is 11.6 Å². The van der Waals surface area contributed by atoms with Gasteiger partial charge in [-0.1, -0.05) is 24.6 Å². The van der Waals surface area contributed by atoms with Gasteiger partial charge in [0.25, 0.3) is 5.56 Å². The Morgan fingerprint density at radius 2 is 2.29 bits per heavy atom. The fourth-order valence-electron chi connectivity index (χ4n) is 1.35. The molecule has 2 aromatic rings. The van der Waals surface area contributed by atoms with Gasteiger partial charge in [0, 0.05) is 11.8 Å². The molecule has 0 aliphatic rings. The number of nitrogens with zero attached hydrogens (tertiary/aromatic N) is 2. The fourth-order valence-corrected chi connectivity index (χ4v) is 1.59.